The van der Waals surface area contributed by atoms with Gasteiger partial charge in [0.2, 0.25) is 0 Å². The van der Waals surface area contributed by atoms with Gasteiger partial charge < -0.3 is 18.9 Å². The van der Waals surface area contributed by atoms with Gasteiger partial charge in [0.1, 0.15) is 11.9 Å². The molecule has 0 amide bonds. The molecule has 1 fully saturated rings. The predicted octanol–water partition coefficient (Wildman–Crippen LogP) is 2.91. The Morgan fingerprint density at radius 1 is 1.28 bits per heavy atom. The molecule has 1 unspecified atom stereocenters. The average Bonchev–Trinajstić information content (AvgIpc) is 3.18. The summed E-state index contributed by atoms with van der Waals surface area (Å²) in [6.07, 6.45) is 2.81. The number of nitrogens with zero attached hydrogens (tertiary/aromatic N) is 3. The number of ether oxygens (including phenoxy) is 2. The minimum atomic E-state index is -3.28. The van der Waals surface area contributed by atoms with E-state index in [1.165, 1.54) is 6.26 Å². The van der Waals surface area contributed by atoms with Gasteiger partial charge in [-0.15, -0.1) is 0 Å². The molecule has 1 saturated heterocycles. The van der Waals surface area contributed by atoms with E-state index in [9.17, 15) is 8.42 Å². The smallest absolute Gasteiger partial charge is 0.324 e. The lowest BCUT2D eigenvalue weighted by Crippen LogP contribution is -2.41. The molecule has 8 nitrogen and oxygen atoms in total. The lowest BCUT2D eigenvalue weighted by molar-refractivity contribution is 0.0343. The molecule has 1 aromatic carbocycles. The van der Waals surface area contributed by atoms with Crippen molar-refractivity contribution in [2.75, 3.05) is 38.0 Å². The van der Waals surface area contributed by atoms with Gasteiger partial charge in [0.15, 0.2) is 15.7 Å². The van der Waals surface area contributed by atoms with Crippen LogP contribution >= 0.6 is 0 Å². The van der Waals surface area contributed by atoms with Crippen LogP contribution in [0.1, 0.15) is 38.4 Å². The highest BCUT2D eigenvalue weighted by molar-refractivity contribution is 7.90. The van der Waals surface area contributed by atoms with E-state index in [0.717, 1.165) is 25.9 Å². The first-order valence-electron chi connectivity index (χ1n) is 9.82. The summed E-state index contributed by atoms with van der Waals surface area (Å²) in [5.74, 6) is 1.76. The van der Waals surface area contributed by atoms with E-state index >= 15 is 0 Å². The van der Waals surface area contributed by atoms with Gasteiger partial charge in [0, 0.05) is 38.3 Å². The molecule has 9 heteroatoms. The maximum absolute atomic E-state index is 11.8. The summed E-state index contributed by atoms with van der Waals surface area (Å²) in [6, 6.07) is 7.18. The van der Waals surface area contributed by atoms with Crippen LogP contribution < -0.4 is 9.64 Å². The summed E-state index contributed by atoms with van der Waals surface area (Å²) < 4.78 is 40.5. The van der Waals surface area contributed by atoms with E-state index in [2.05, 4.69) is 15.0 Å². The molecule has 0 bridgehead atoms. The molecular formula is C20H29N3O5S. The first-order chi connectivity index (χ1) is 13.8. The number of rotatable bonds is 8. The van der Waals surface area contributed by atoms with Crippen LogP contribution in [0.15, 0.2) is 33.7 Å². The minimum Gasteiger partial charge on any atom is -0.488 e. The van der Waals surface area contributed by atoms with Crippen LogP contribution in [0.2, 0.25) is 0 Å². The van der Waals surface area contributed by atoms with Gasteiger partial charge in [-0.2, -0.15) is 4.98 Å². The van der Waals surface area contributed by atoms with Crippen molar-refractivity contribution in [3.8, 4) is 5.75 Å². The quantitative estimate of drug-likeness (QED) is 0.640. The van der Waals surface area contributed by atoms with Gasteiger partial charge in [0.05, 0.1) is 11.5 Å². The third-order valence-electron chi connectivity index (χ3n) is 5.14. The largest absolute Gasteiger partial charge is 0.488 e. The van der Waals surface area contributed by atoms with Gasteiger partial charge >= 0.3 is 6.01 Å². The molecule has 1 aliphatic rings. The van der Waals surface area contributed by atoms with Crippen molar-refractivity contribution in [3.63, 3.8) is 0 Å². The zero-order valence-electron chi connectivity index (χ0n) is 17.4. The third-order valence-corrected chi connectivity index (χ3v) is 6.25. The Hall–Kier alpha value is -2.13. The predicted molar refractivity (Wildman–Crippen MR) is 109 cm³/mol. The second-order valence-electron chi connectivity index (χ2n) is 7.77. The molecule has 0 radical (unpaired) electrons. The second-order valence-corrected chi connectivity index (χ2v) is 9.79. The van der Waals surface area contributed by atoms with Crippen molar-refractivity contribution in [1.82, 2.24) is 10.1 Å². The lowest BCUT2D eigenvalue weighted by atomic mass is 9.91. The Morgan fingerprint density at radius 2 is 2.00 bits per heavy atom. The molecule has 0 aliphatic carbocycles. The fourth-order valence-electron chi connectivity index (χ4n) is 3.44. The van der Waals surface area contributed by atoms with Crippen LogP contribution in [0.25, 0.3) is 0 Å². The average molecular weight is 424 g/mol. The van der Waals surface area contributed by atoms with Crippen molar-refractivity contribution in [3.05, 3.63) is 30.1 Å². The van der Waals surface area contributed by atoms with Crippen molar-refractivity contribution >= 4 is 15.9 Å². The van der Waals surface area contributed by atoms with E-state index in [0.29, 0.717) is 24.2 Å². The van der Waals surface area contributed by atoms with Gasteiger partial charge in [-0.1, -0.05) is 25.1 Å². The van der Waals surface area contributed by atoms with E-state index in [-0.39, 0.29) is 22.8 Å². The highest BCUT2D eigenvalue weighted by atomic mass is 32.2. The maximum Gasteiger partial charge on any atom is 0.324 e. The molecule has 2 heterocycles. The summed E-state index contributed by atoms with van der Waals surface area (Å²) in [4.78, 5) is 6.82. The Bertz CT molecular complexity index is 904. The topological polar surface area (TPSA) is 94.8 Å². The standard InChI is InChI=1S/C20H29N3O5S/c1-14(2)19-21-20(28-22-19)23-10-8-15(9-11-23)18(13-26-3)27-16-6-5-7-17(12-16)29(4,24)25/h5-7,12,14-15,18H,8-11,13H2,1-4H3. The zero-order valence-corrected chi connectivity index (χ0v) is 18.2. The molecule has 2 aromatic rings. The summed E-state index contributed by atoms with van der Waals surface area (Å²) in [5, 5.41) is 4.04. The summed E-state index contributed by atoms with van der Waals surface area (Å²) in [6.45, 7) is 6.08. The molecule has 1 aliphatic heterocycles. The SMILES string of the molecule is COCC(Oc1cccc(S(C)(=O)=O)c1)C1CCN(c2nc(C(C)C)no2)CC1. The highest BCUT2D eigenvalue weighted by Crippen LogP contribution is 2.28. The van der Waals surface area contributed by atoms with Crippen LogP contribution in [0, 0.1) is 5.92 Å². The fourth-order valence-corrected chi connectivity index (χ4v) is 4.09. The maximum atomic E-state index is 11.8. The van der Waals surface area contributed by atoms with E-state index in [4.69, 9.17) is 14.0 Å². The Balaban J connectivity index is 1.65. The number of hydrogen-bond acceptors (Lipinski definition) is 8. The van der Waals surface area contributed by atoms with Crippen LogP contribution in [0.5, 0.6) is 5.75 Å². The van der Waals surface area contributed by atoms with Gasteiger partial charge in [-0.25, -0.2) is 8.42 Å². The second kappa shape index (κ2) is 9.13. The van der Waals surface area contributed by atoms with Gasteiger partial charge in [-0.3, -0.25) is 0 Å². The van der Waals surface area contributed by atoms with Gasteiger partial charge in [0.25, 0.3) is 0 Å². The summed E-state index contributed by atoms with van der Waals surface area (Å²) in [5.41, 5.74) is 0. The third kappa shape index (κ3) is 5.48. The minimum absolute atomic E-state index is 0.161. The van der Waals surface area contributed by atoms with Crippen molar-refractivity contribution < 1.29 is 22.4 Å². The molecule has 1 aromatic heterocycles. The lowest BCUT2D eigenvalue weighted by Gasteiger charge is -2.35. The first-order valence-corrected chi connectivity index (χ1v) is 11.7. The fraction of sp³-hybridized carbons (Fsp3) is 0.600. The van der Waals surface area contributed by atoms with E-state index in [1.807, 2.05) is 13.8 Å². The summed E-state index contributed by atoms with van der Waals surface area (Å²) >= 11 is 0. The number of piperidine rings is 1. The number of anilines is 1. The number of methoxy groups -OCH3 is 1. The molecule has 1 atom stereocenters. The van der Waals surface area contributed by atoms with Gasteiger partial charge in [-0.05, 0) is 31.0 Å². The Morgan fingerprint density at radius 3 is 2.59 bits per heavy atom. The molecular weight excluding hydrogens is 394 g/mol. The van der Waals surface area contributed by atoms with Crippen LogP contribution in [-0.2, 0) is 14.6 Å². The first kappa shape index (κ1) is 21.6. The molecule has 0 saturated carbocycles. The molecule has 29 heavy (non-hydrogen) atoms. The van der Waals surface area contributed by atoms with Crippen LogP contribution in [-0.4, -0.2) is 57.7 Å². The molecule has 160 valence electrons. The van der Waals surface area contributed by atoms with Crippen molar-refractivity contribution in [2.24, 2.45) is 5.92 Å². The highest BCUT2D eigenvalue weighted by Gasteiger charge is 2.30. The Labute approximate surface area is 172 Å². The summed E-state index contributed by atoms with van der Waals surface area (Å²) in [7, 11) is -1.64. The zero-order chi connectivity index (χ0) is 21.0. The number of hydrogen-bond donors (Lipinski definition) is 0. The number of sulfone groups is 1. The van der Waals surface area contributed by atoms with Crippen LogP contribution in [0.3, 0.4) is 0 Å². The molecule has 3 rings (SSSR count). The normalized spacial score (nSPS) is 16.9. The van der Waals surface area contributed by atoms with Crippen LogP contribution in [0.4, 0.5) is 6.01 Å². The Kier molecular flexibility index (Phi) is 6.79. The number of benzene rings is 1. The molecule has 0 spiro atoms. The van der Waals surface area contributed by atoms with Crippen molar-refractivity contribution in [1.29, 1.82) is 0 Å². The van der Waals surface area contributed by atoms with Crippen molar-refractivity contribution in [2.45, 2.75) is 43.6 Å². The van der Waals surface area contributed by atoms with E-state index in [1.54, 1.807) is 31.4 Å². The van der Waals surface area contributed by atoms with E-state index < -0.39 is 9.84 Å². The molecule has 0 N–H and O–H groups in total. The monoisotopic (exact) mass is 423 g/mol. The number of aromatic nitrogens is 2.